The van der Waals surface area contributed by atoms with Gasteiger partial charge in [-0.15, -0.1) is 0 Å². The molecule has 1 aliphatic rings. The van der Waals surface area contributed by atoms with Gasteiger partial charge in [-0.3, -0.25) is 9.69 Å². The van der Waals surface area contributed by atoms with Gasteiger partial charge in [0.25, 0.3) is 5.91 Å². The Balaban J connectivity index is 2.23. The number of hydrogen-bond acceptors (Lipinski definition) is 5. The van der Waals surface area contributed by atoms with Crippen molar-refractivity contribution >= 4 is 40.3 Å². The number of thioether (sulfide) groups is 1. The summed E-state index contributed by atoms with van der Waals surface area (Å²) in [6, 6.07) is 5.68. The van der Waals surface area contributed by atoms with Crippen LogP contribution < -0.4 is 9.47 Å². The quantitative estimate of drug-likeness (QED) is 0.400. The molecule has 1 aromatic carbocycles. The van der Waals surface area contributed by atoms with Gasteiger partial charge in [-0.25, -0.2) is 0 Å². The molecule has 1 heterocycles. The number of hydrogen-bond donors (Lipinski definition) is 0. The predicted octanol–water partition coefficient (Wildman–Crippen LogP) is 4.87. The zero-order valence-corrected chi connectivity index (χ0v) is 17.1. The molecule has 0 bridgehead atoms. The second kappa shape index (κ2) is 8.23. The van der Waals surface area contributed by atoms with E-state index in [1.807, 2.05) is 45.0 Å². The molecule has 6 heteroatoms. The van der Waals surface area contributed by atoms with Gasteiger partial charge < -0.3 is 9.47 Å². The highest BCUT2D eigenvalue weighted by molar-refractivity contribution is 8.26. The maximum Gasteiger partial charge on any atom is 0.266 e. The maximum atomic E-state index is 12.7. The van der Waals surface area contributed by atoms with Crippen molar-refractivity contribution in [2.24, 2.45) is 0 Å². The molecule has 2 rings (SSSR count). The van der Waals surface area contributed by atoms with Gasteiger partial charge in [0.05, 0.1) is 18.6 Å². The molecule has 0 unspecified atom stereocenters. The number of nitrogens with zero attached hydrogens (tertiary/aromatic N) is 1. The van der Waals surface area contributed by atoms with E-state index in [2.05, 4.69) is 6.92 Å². The number of methoxy groups -OCH3 is 1. The smallest absolute Gasteiger partial charge is 0.266 e. The first-order valence-electron chi connectivity index (χ1n) is 8.36. The highest BCUT2D eigenvalue weighted by atomic mass is 32.2. The molecule has 25 heavy (non-hydrogen) atoms. The molecule has 1 saturated heterocycles. The number of carbonyl (C=O) groups excluding carboxylic acids is 1. The lowest BCUT2D eigenvalue weighted by atomic mass is 10.1. The highest BCUT2D eigenvalue weighted by Crippen LogP contribution is 2.37. The van der Waals surface area contributed by atoms with Crippen molar-refractivity contribution in [2.75, 3.05) is 13.7 Å². The van der Waals surface area contributed by atoms with Crippen LogP contribution in [-0.2, 0) is 4.79 Å². The molecule has 4 nitrogen and oxygen atoms in total. The Labute approximate surface area is 159 Å². The fraction of sp³-hybridized carbons (Fsp3) is 0.474. The zero-order valence-electron chi connectivity index (χ0n) is 15.4. The molecule has 0 atom stereocenters. The first-order valence-corrected chi connectivity index (χ1v) is 9.59. The number of carbonyl (C=O) groups is 1. The van der Waals surface area contributed by atoms with Crippen molar-refractivity contribution in [3.05, 3.63) is 28.7 Å². The molecule has 0 N–H and O–H groups in total. The van der Waals surface area contributed by atoms with Crippen molar-refractivity contribution in [3.63, 3.8) is 0 Å². The third-order valence-corrected chi connectivity index (χ3v) is 5.01. The summed E-state index contributed by atoms with van der Waals surface area (Å²) in [5.41, 5.74) is 0.555. The van der Waals surface area contributed by atoms with Crippen LogP contribution in [0.4, 0.5) is 0 Å². The minimum absolute atomic E-state index is 0.0512. The highest BCUT2D eigenvalue weighted by Gasteiger charge is 2.39. The molecule has 1 fully saturated rings. The van der Waals surface area contributed by atoms with E-state index >= 15 is 0 Å². The van der Waals surface area contributed by atoms with Crippen molar-refractivity contribution in [2.45, 2.75) is 46.1 Å². The first kappa shape index (κ1) is 19.8. The summed E-state index contributed by atoms with van der Waals surface area (Å²) in [6.45, 7) is 8.72. The lowest BCUT2D eigenvalue weighted by Crippen LogP contribution is -2.44. The SMILES string of the molecule is CCCCOc1ccc(/C=C2\SC(=S)N(C(C)(C)C)C2=O)cc1OC. The van der Waals surface area contributed by atoms with Gasteiger partial charge in [-0.05, 0) is 51.0 Å². The second-order valence-corrected chi connectivity index (χ2v) is 8.48. The predicted molar refractivity (Wildman–Crippen MR) is 108 cm³/mol. The molecule has 0 spiro atoms. The fourth-order valence-electron chi connectivity index (χ4n) is 2.42. The van der Waals surface area contributed by atoms with E-state index in [4.69, 9.17) is 21.7 Å². The number of unbranched alkanes of at least 4 members (excludes halogenated alkanes) is 1. The summed E-state index contributed by atoms with van der Waals surface area (Å²) < 4.78 is 11.8. The van der Waals surface area contributed by atoms with Crippen LogP contribution >= 0.6 is 24.0 Å². The third kappa shape index (κ3) is 4.76. The first-order chi connectivity index (χ1) is 11.8. The second-order valence-electron chi connectivity index (χ2n) is 6.80. The number of ether oxygens (including phenoxy) is 2. The molecule has 0 aliphatic carbocycles. The Morgan fingerprint density at radius 3 is 2.56 bits per heavy atom. The van der Waals surface area contributed by atoms with Crippen molar-refractivity contribution in [1.82, 2.24) is 4.90 Å². The molecule has 0 radical (unpaired) electrons. The van der Waals surface area contributed by atoms with Gasteiger partial charge in [0.1, 0.15) is 4.32 Å². The molecule has 0 saturated carbocycles. The van der Waals surface area contributed by atoms with Crippen LogP contribution in [0.3, 0.4) is 0 Å². The largest absolute Gasteiger partial charge is 0.493 e. The van der Waals surface area contributed by atoms with Crippen molar-refractivity contribution in [3.8, 4) is 11.5 Å². The number of rotatable bonds is 6. The lowest BCUT2D eigenvalue weighted by Gasteiger charge is -2.30. The van der Waals surface area contributed by atoms with Crippen LogP contribution in [0.5, 0.6) is 11.5 Å². The van der Waals surface area contributed by atoms with Crippen LogP contribution in [0.1, 0.15) is 46.1 Å². The molecule has 0 aromatic heterocycles. The molecule has 1 aliphatic heterocycles. The standard InChI is InChI=1S/C19H25NO3S2/c1-6-7-10-23-14-9-8-13(11-15(14)22-5)12-16-17(21)20(18(24)25-16)19(2,3)4/h8-9,11-12H,6-7,10H2,1-5H3/b16-12-. The minimum atomic E-state index is -0.328. The Morgan fingerprint density at radius 1 is 1.28 bits per heavy atom. The van der Waals surface area contributed by atoms with Gasteiger partial charge >= 0.3 is 0 Å². The normalized spacial score (nSPS) is 16.7. The van der Waals surface area contributed by atoms with Gasteiger partial charge in [0.15, 0.2) is 11.5 Å². The number of amides is 1. The van der Waals surface area contributed by atoms with Crippen molar-refractivity contribution < 1.29 is 14.3 Å². The molecule has 136 valence electrons. The molecule has 1 amide bonds. The Hall–Kier alpha value is -1.53. The average Bonchev–Trinajstić information content (AvgIpc) is 2.82. The Morgan fingerprint density at radius 2 is 2.00 bits per heavy atom. The van der Waals surface area contributed by atoms with Crippen LogP contribution in [0.15, 0.2) is 23.1 Å². The average molecular weight is 380 g/mol. The maximum absolute atomic E-state index is 12.7. The summed E-state index contributed by atoms with van der Waals surface area (Å²) >= 11 is 6.71. The van der Waals surface area contributed by atoms with Crippen LogP contribution in [0.2, 0.25) is 0 Å². The topological polar surface area (TPSA) is 38.8 Å². The summed E-state index contributed by atoms with van der Waals surface area (Å²) in [7, 11) is 1.62. The van der Waals surface area contributed by atoms with E-state index in [-0.39, 0.29) is 11.4 Å². The number of thiocarbonyl (C=S) groups is 1. The van der Waals surface area contributed by atoms with Gasteiger partial charge in [0.2, 0.25) is 0 Å². The molecule has 1 aromatic rings. The summed E-state index contributed by atoms with van der Waals surface area (Å²) in [4.78, 5) is 14.9. The minimum Gasteiger partial charge on any atom is -0.493 e. The number of benzene rings is 1. The van der Waals surface area contributed by atoms with Gasteiger partial charge in [-0.1, -0.05) is 43.4 Å². The van der Waals surface area contributed by atoms with Crippen LogP contribution in [-0.4, -0.2) is 34.4 Å². The fourth-order valence-corrected chi connectivity index (χ4v) is 4.05. The van der Waals surface area contributed by atoms with Crippen LogP contribution in [0.25, 0.3) is 6.08 Å². The van der Waals surface area contributed by atoms with Crippen LogP contribution in [0, 0.1) is 0 Å². The van der Waals surface area contributed by atoms with E-state index in [0.717, 1.165) is 24.2 Å². The van der Waals surface area contributed by atoms with E-state index in [0.29, 0.717) is 21.6 Å². The van der Waals surface area contributed by atoms with Gasteiger partial charge in [0, 0.05) is 5.54 Å². The van der Waals surface area contributed by atoms with E-state index in [9.17, 15) is 4.79 Å². The molecular formula is C19H25NO3S2. The van der Waals surface area contributed by atoms with E-state index in [1.54, 1.807) is 12.0 Å². The summed E-state index contributed by atoms with van der Waals surface area (Å²) in [5.74, 6) is 1.33. The third-order valence-electron chi connectivity index (χ3n) is 3.71. The summed E-state index contributed by atoms with van der Waals surface area (Å²) in [5, 5.41) is 0. The Bertz CT molecular complexity index is 692. The Kier molecular flexibility index (Phi) is 6.52. The lowest BCUT2D eigenvalue weighted by molar-refractivity contribution is -0.125. The van der Waals surface area contributed by atoms with Gasteiger partial charge in [-0.2, -0.15) is 0 Å². The van der Waals surface area contributed by atoms with Crippen molar-refractivity contribution in [1.29, 1.82) is 0 Å². The molecular weight excluding hydrogens is 354 g/mol. The monoisotopic (exact) mass is 379 g/mol. The van der Waals surface area contributed by atoms with E-state index in [1.165, 1.54) is 11.8 Å². The summed E-state index contributed by atoms with van der Waals surface area (Å²) in [6.07, 6.45) is 3.93. The zero-order chi connectivity index (χ0) is 18.6. The van der Waals surface area contributed by atoms with E-state index < -0.39 is 0 Å².